The highest BCUT2D eigenvalue weighted by Gasteiger charge is 2.16. The Morgan fingerprint density at radius 3 is 1.37 bits per heavy atom. The maximum atomic E-state index is 5.29. The Morgan fingerprint density at radius 2 is 0.878 bits per heavy atom. The molecule has 0 fully saturated rings. The average molecular weight is 635 g/mol. The van der Waals surface area contributed by atoms with Gasteiger partial charge < -0.3 is 9.97 Å². The first-order valence-electron chi connectivity index (χ1n) is 15.9. The van der Waals surface area contributed by atoms with Crippen molar-refractivity contribution in [1.82, 2.24) is 39.9 Å². The number of H-pyrrole nitrogens is 2. The zero-order valence-electron chi connectivity index (χ0n) is 26.6. The molecule has 1 aliphatic rings. The van der Waals surface area contributed by atoms with Crippen LogP contribution in [0.1, 0.15) is 24.0 Å². The summed E-state index contributed by atoms with van der Waals surface area (Å²) in [4.78, 5) is 35.1. The Hall–Kier alpha value is -6.80. The fraction of sp³-hybridized carbons (Fsp3) is 0.0244. The lowest BCUT2D eigenvalue weighted by molar-refractivity contribution is 1.29. The van der Waals surface area contributed by atoms with Gasteiger partial charge in [-0.25, -0.2) is 4.98 Å². The van der Waals surface area contributed by atoms with Crippen molar-refractivity contribution in [3.05, 3.63) is 152 Å². The van der Waals surface area contributed by atoms with E-state index in [2.05, 4.69) is 66.3 Å². The van der Waals surface area contributed by atoms with E-state index in [1.165, 1.54) is 0 Å². The second-order valence-corrected chi connectivity index (χ2v) is 11.4. The molecule has 0 atom stereocenters. The molecule has 0 aromatic carbocycles. The van der Waals surface area contributed by atoms with Crippen LogP contribution < -0.4 is 0 Å². The summed E-state index contributed by atoms with van der Waals surface area (Å²) >= 11 is 0. The Labute approximate surface area is 282 Å². The summed E-state index contributed by atoms with van der Waals surface area (Å²) in [7, 11) is 0. The van der Waals surface area contributed by atoms with Crippen LogP contribution in [0.15, 0.2) is 135 Å². The number of fused-ring (bicyclic) bond motifs is 6. The first-order chi connectivity index (χ1) is 24.3. The number of pyridine rings is 4. The van der Waals surface area contributed by atoms with E-state index in [-0.39, 0.29) is 0 Å². The molecule has 8 heteroatoms. The normalized spacial score (nSPS) is 11.6. The lowest BCUT2D eigenvalue weighted by atomic mass is 10.0. The van der Waals surface area contributed by atoms with E-state index in [0.29, 0.717) is 0 Å². The highest BCUT2D eigenvalue weighted by Crippen LogP contribution is 2.36. The van der Waals surface area contributed by atoms with Crippen molar-refractivity contribution < 1.29 is 0 Å². The molecule has 1 aliphatic heterocycles. The fourth-order valence-corrected chi connectivity index (χ4v) is 6.22. The predicted octanol–water partition coefficient (Wildman–Crippen LogP) is 9.45. The Kier molecular flexibility index (Phi) is 7.93. The molecule has 0 unspecified atom stereocenters. The topological polar surface area (TPSA) is 109 Å². The minimum Gasteiger partial charge on any atom is -0.354 e. The molecule has 0 aliphatic carbocycles. The Balaban J connectivity index is 1.58. The molecule has 7 aromatic rings. The van der Waals surface area contributed by atoms with Gasteiger partial charge in [0.2, 0.25) is 0 Å². The average Bonchev–Trinajstić information content (AvgIpc) is 3.94. The van der Waals surface area contributed by atoms with Gasteiger partial charge in [0.05, 0.1) is 17.1 Å². The van der Waals surface area contributed by atoms with Gasteiger partial charge in [0, 0.05) is 100 Å². The largest absolute Gasteiger partial charge is 0.354 e. The van der Waals surface area contributed by atoms with Crippen molar-refractivity contribution >= 4 is 40.3 Å². The van der Waals surface area contributed by atoms with E-state index in [1.54, 1.807) is 37.2 Å². The lowest BCUT2D eigenvalue weighted by Crippen LogP contribution is -1.90. The molecule has 0 saturated heterocycles. The van der Waals surface area contributed by atoms with E-state index in [4.69, 9.17) is 9.97 Å². The van der Waals surface area contributed by atoms with E-state index in [9.17, 15) is 0 Å². The van der Waals surface area contributed by atoms with E-state index in [0.717, 1.165) is 83.7 Å². The highest BCUT2D eigenvalue weighted by molar-refractivity contribution is 5.97. The maximum Gasteiger partial charge on any atom is 0.0737 e. The third kappa shape index (κ3) is 5.83. The highest BCUT2D eigenvalue weighted by atomic mass is 14.8. The molecule has 0 radical (unpaired) electrons. The van der Waals surface area contributed by atoms with Crippen LogP contribution in [0.5, 0.6) is 0 Å². The summed E-state index contributed by atoms with van der Waals surface area (Å²) in [5, 5.41) is 0. The van der Waals surface area contributed by atoms with Crippen molar-refractivity contribution in [2.45, 2.75) is 6.92 Å². The number of aromatic nitrogens is 8. The molecule has 6 bridgehead atoms. The van der Waals surface area contributed by atoms with Crippen molar-refractivity contribution in [3.63, 3.8) is 0 Å². The Bertz CT molecular complexity index is 2480. The molecular formula is C41H30N8. The van der Waals surface area contributed by atoms with Crippen molar-refractivity contribution in [2.24, 2.45) is 0 Å². The summed E-state index contributed by atoms with van der Waals surface area (Å²) in [6, 6.07) is 24.5. The minimum atomic E-state index is 0.788. The van der Waals surface area contributed by atoms with E-state index < -0.39 is 0 Å². The molecule has 8 nitrogen and oxygen atoms in total. The van der Waals surface area contributed by atoms with Crippen molar-refractivity contribution in [3.8, 4) is 44.5 Å². The number of nitrogens with one attached hydrogen (secondary N) is 2. The first kappa shape index (κ1) is 29.6. The van der Waals surface area contributed by atoms with Gasteiger partial charge in [0.15, 0.2) is 0 Å². The van der Waals surface area contributed by atoms with Crippen LogP contribution in [-0.2, 0) is 0 Å². The molecule has 8 rings (SSSR count). The summed E-state index contributed by atoms with van der Waals surface area (Å²) in [5.41, 5.74) is 13.9. The maximum absolute atomic E-state index is 5.29. The number of rotatable bonds is 5. The zero-order chi connectivity index (χ0) is 33.0. The summed E-state index contributed by atoms with van der Waals surface area (Å²) in [6.45, 7) is 2.00. The van der Waals surface area contributed by atoms with Gasteiger partial charge in [-0.05, 0) is 120 Å². The predicted molar refractivity (Wildman–Crippen MR) is 198 cm³/mol. The molecular weight excluding hydrogens is 605 g/mol. The van der Waals surface area contributed by atoms with Crippen LogP contribution >= 0.6 is 0 Å². The van der Waals surface area contributed by atoms with Crippen molar-refractivity contribution in [2.75, 3.05) is 0 Å². The number of hydrogen-bond donors (Lipinski definition) is 2. The number of nitrogens with zero attached hydrogens (tertiary/aromatic N) is 6. The molecule has 8 heterocycles. The third-order valence-electron chi connectivity index (χ3n) is 8.43. The van der Waals surface area contributed by atoms with Gasteiger partial charge in [-0.15, -0.1) is 0 Å². The molecule has 2 N–H and O–H groups in total. The monoisotopic (exact) mass is 634 g/mol. The molecule has 49 heavy (non-hydrogen) atoms. The third-order valence-corrected chi connectivity index (χ3v) is 8.43. The molecule has 0 spiro atoms. The van der Waals surface area contributed by atoms with Gasteiger partial charge >= 0.3 is 0 Å². The summed E-state index contributed by atoms with van der Waals surface area (Å²) < 4.78 is 0. The minimum absolute atomic E-state index is 0.788. The standard InChI is InChI=1S/C41H30N8/c1-2-3-33-39(28-12-20-43-21-13-28)34-6-7-37(48-34)41(30-16-24-45-25-17-30)38-9-8-36(49-38)40(29-14-22-44-23-15-29)35-5-4-32(47-35)31(26-46-33)27-10-18-42-19-11-27/h2-26,47-48H,1H3/b3-2-,31-26?,32-31?,39-33?,39-34?,40-35?,40-36?,41-37?,41-38?,46-26?,46-33?. The second-order valence-electron chi connectivity index (χ2n) is 11.4. The smallest absolute Gasteiger partial charge is 0.0737 e. The molecule has 234 valence electrons. The fourth-order valence-electron chi connectivity index (χ4n) is 6.22. The van der Waals surface area contributed by atoms with Gasteiger partial charge in [-0.2, -0.15) is 0 Å². The van der Waals surface area contributed by atoms with E-state index in [1.807, 2.05) is 86.2 Å². The van der Waals surface area contributed by atoms with Gasteiger partial charge in [-0.1, -0.05) is 6.08 Å². The van der Waals surface area contributed by atoms with Crippen LogP contribution in [0.2, 0.25) is 0 Å². The SMILES string of the molecule is C/C=C\c1ncc(-c2ccncc2)c2ccc([nH]2)c(-c2ccncc2)c2nc(c(-c3ccncc3)c3ccc([nH]3)c1-c1ccncc1)C=C2. The van der Waals surface area contributed by atoms with Crippen LogP contribution in [0, 0.1) is 0 Å². The molecule has 7 aromatic heterocycles. The first-order valence-corrected chi connectivity index (χ1v) is 15.9. The Morgan fingerprint density at radius 1 is 0.469 bits per heavy atom. The van der Waals surface area contributed by atoms with Gasteiger partial charge in [-0.3, -0.25) is 24.9 Å². The molecule has 0 saturated carbocycles. The zero-order valence-corrected chi connectivity index (χ0v) is 26.6. The van der Waals surface area contributed by atoms with Gasteiger partial charge in [0.1, 0.15) is 0 Å². The van der Waals surface area contributed by atoms with Gasteiger partial charge in [0.25, 0.3) is 0 Å². The van der Waals surface area contributed by atoms with Crippen LogP contribution in [0.25, 0.3) is 84.8 Å². The summed E-state index contributed by atoms with van der Waals surface area (Å²) in [6.07, 6.45) is 24.6. The van der Waals surface area contributed by atoms with Crippen LogP contribution in [0.3, 0.4) is 0 Å². The molecule has 0 amide bonds. The second kappa shape index (κ2) is 13.1. The number of aromatic amines is 2. The van der Waals surface area contributed by atoms with Crippen molar-refractivity contribution in [1.29, 1.82) is 0 Å². The lowest BCUT2D eigenvalue weighted by Gasteiger charge is -2.07. The van der Waals surface area contributed by atoms with Crippen LogP contribution in [0.4, 0.5) is 0 Å². The summed E-state index contributed by atoms with van der Waals surface area (Å²) in [5.74, 6) is 0. The van der Waals surface area contributed by atoms with E-state index >= 15 is 0 Å². The number of allylic oxidation sites excluding steroid dienone is 1. The number of hydrogen-bond acceptors (Lipinski definition) is 6. The van der Waals surface area contributed by atoms with Crippen LogP contribution in [-0.4, -0.2) is 39.9 Å². The quantitative estimate of drug-likeness (QED) is 0.195.